The van der Waals surface area contributed by atoms with Crippen LogP contribution in [0.1, 0.15) is 5.56 Å². The van der Waals surface area contributed by atoms with E-state index in [1.807, 2.05) is 0 Å². The zero-order valence-corrected chi connectivity index (χ0v) is 12.8. The van der Waals surface area contributed by atoms with Gasteiger partial charge in [-0.3, -0.25) is 9.69 Å². The maximum absolute atomic E-state index is 13.7. The van der Waals surface area contributed by atoms with Gasteiger partial charge in [0.2, 0.25) is 5.91 Å². The molecule has 1 amide bonds. The number of nitrogens with zero attached hydrogens (tertiary/aromatic N) is 1. The number of likely N-dealkylation sites (N-methyl/N-ethyl adjacent to an activating group) is 1. The summed E-state index contributed by atoms with van der Waals surface area (Å²) in [6.45, 7) is 0.319. The fraction of sp³-hybridized carbons (Fsp3) is 0.188. The molecule has 0 atom stereocenters. The molecular formula is C16H16ClFN2O2. The second-order valence-electron chi connectivity index (χ2n) is 4.97. The molecule has 116 valence electrons. The molecule has 0 radical (unpaired) electrons. The van der Waals surface area contributed by atoms with Crippen LogP contribution in [0.2, 0.25) is 5.02 Å². The molecular weight excluding hydrogens is 307 g/mol. The summed E-state index contributed by atoms with van der Waals surface area (Å²) in [7, 11) is 1.71. The van der Waals surface area contributed by atoms with Gasteiger partial charge in [0.25, 0.3) is 0 Å². The summed E-state index contributed by atoms with van der Waals surface area (Å²) in [5.41, 5.74) is 0.948. The molecule has 22 heavy (non-hydrogen) atoms. The van der Waals surface area contributed by atoms with Gasteiger partial charge in [0.1, 0.15) is 11.6 Å². The molecule has 0 aliphatic carbocycles. The van der Waals surface area contributed by atoms with Gasteiger partial charge in [0, 0.05) is 22.8 Å². The van der Waals surface area contributed by atoms with Crippen molar-refractivity contribution in [3.05, 3.63) is 58.9 Å². The van der Waals surface area contributed by atoms with Gasteiger partial charge in [-0.25, -0.2) is 4.39 Å². The lowest BCUT2D eigenvalue weighted by Crippen LogP contribution is -2.30. The number of carbonyl (C=O) groups excluding carboxylic acids is 1. The zero-order valence-electron chi connectivity index (χ0n) is 12.0. The highest BCUT2D eigenvalue weighted by atomic mass is 35.5. The molecule has 2 aromatic carbocycles. The van der Waals surface area contributed by atoms with Crippen molar-refractivity contribution in [1.29, 1.82) is 0 Å². The Morgan fingerprint density at radius 1 is 1.27 bits per heavy atom. The molecule has 0 aliphatic rings. The minimum absolute atomic E-state index is 0.0888. The average molecular weight is 323 g/mol. The lowest BCUT2D eigenvalue weighted by Gasteiger charge is -2.17. The summed E-state index contributed by atoms with van der Waals surface area (Å²) >= 11 is 5.96. The molecule has 0 aromatic heterocycles. The number of hydrogen-bond donors (Lipinski definition) is 2. The van der Waals surface area contributed by atoms with Gasteiger partial charge in [-0.15, -0.1) is 0 Å². The topological polar surface area (TPSA) is 52.6 Å². The van der Waals surface area contributed by atoms with Gasteiger partial charge in [0.15, 0.2) is 0 Å². The van der Waals surface area contributed by atoms with Crippen LogP contribution in [0.3, 0.4) is 0 Å². The number of halogens is 2. The first-order valence-electron chi connectivity index (χ1n) is 6.66. The molecule has 0 bridgehead atoms. The van der Waals surface area contributed by atoms with Crippen molar-refractivity contribution in [2.45, 2.75) is 6.54 Å². The third-order valence-corrected chi connectivity index (χ3v) is 3.41. The summed E-state index contributed by atoms with van der Waals surface area (Å²) in [4.78, 5) is 13.6. The molecule has 0 unspecified atom stereocenters. The Bertz CT molecular complexity index is 641. The van der Waals surface area contributed by atoms with E-state index in [0.29, 0.717) is 16.3 Å². The normalized spacial score (nSPS) is 10.7. The number of phenols is 1. The molecule has 0 saturated heterocycles. The van der Waals surface area contributed by atoms with Crippen molar-refractivity contribution in [1.82, 2.24) is 4.90 Å². The molecule has 2 N–H and O–H groups in total. The lowest BCUT2D eigenvalue weighted by molar-refractivity contribution is -0.117. The molecule has 6 heteroatoms. The largest absolute Gasteiger partial charge is 0.508 e. The van der Waals surface area contributed by atoms with E-state index in [1.165, 1.54) is 18.2 Å². The molecule has 0 spiro atoms. The lowest BCUT2D eigenvalue weighted by atomic mass is 10.2. The number of aromatic hydroxyl groups is 1. The van der Waals surface area contributed by atoms with E-state index in [1.54, 1.807) is 36.2 Å². The summed E-state index contributed by atoms with van der Waals surface area (Å²) in [5.74, 6) is -0.497. The van der Waals surface area contributed by atoms with Gasteiger partial charge >= 0.3 is 0 Å². The first-order chi connectivity index (χ1) is 10.5. The predicted octanol–water partition coefficient (Wildman–Crippen LogP) is 3.26. The SMILES string of the molecule is CN(CC(=O)Nc1ccc(O)cc1)Cc1c(F)cccc1Cl. The number of anilines is 1. The number of phenolic OH excluding ortho intramolecular Hbond substituents is 1. The molecule has 0 fully saturated rings. The Labute approximate surface area is 133 Å². The van der Waals surface area contributed by atoms with Crippen molar-refractivity contribution >= 4 is 23.2 Å². The van der Waals surface area contributed by atoms with E-state index >= 15 is 0 Å². The maximum atomic E-state index is 13.7. The first kappa shape index (κ1) is 16.3. The number of amides is 1. The van der Waals surface area contributed by atoms with Crippen LogP contribution in [0.5, 0.6) is 5.75 Å². The van der Waals surface area contributed by atoms with Crippen LogP contribution in [0.25, 0.3) is 0 Å². The van der Waals surface area contributed by atoms with Crippen LogP contribution in [0.15, 0.2) is 42.5 Å². The van der Waals surface area contributed by atoms with Crippen LogP contribution >= 0.6 is 11.6 Å². The molecule has 2 aromatic rings. The van der Waals surface area contributed by atoms with Crippen molar-refractivity contribution < 1.29 is 14.3 Å². The summed E-state index contributed by atoms with van der Waals surface area (Å²) in [5, 5.41) is 12.2. The molecule has 4 nitrogen and oxygen atoms in total. The highest BCUT2D eigenvalue weighted by molar-refractivity contribution is 6.31. The highest BCUT2D eigenvalue weighted by Crippen LogP contribution is 2.20. The highest BCUT2D eigenvalue weighted by Gasteiger charge is 2.12. The number of benzene rings is 2. The van der Waals surface area contributed by atoms with E-state index in [9.17, 15) is 14.3 Å². The maximum Gasteiger partial charge on any atom is 0.238 e. The van der Waals surface area contributed by atoms with Crippen LogP contribution in [-0.2, 0) is 11.3 Å². The Kier molecular flexibility index (Phi) is 5.35. The summed E-state index contributed by atoms with van der Waals surface area (Å²) in [6, 6.07) is 10.7. The van der Waals surface area contributed by atoms with Crippen LogP contribution in [0, 0.1) is 5.82 Å². The standard InChI is InChI=1S/C16H16ClFN2O2/c1-20(9-13-14(17)3-2-4-15(13)18)10-16(22)19-11-5-7-12(21)8-6-11/h2-8,21H,9-10H2,1H3,(H,19,22). The van der Waals surface area contributed by atoms with Gasteiger partial charge in [-0.05, 0) is 43.4 Å². The third-order valence-electron chi connectivity index (χ3n) is 3.05. The number of rotatable bonds is 5. The molecule has 2 rings (SSSR count). The molecule has 0 heterocycles. The number of hydrogen-bond acceptors (Lipinski definition) is 3. The van der Waals surface area contributed by atoms with Gasteiger partial charge in [0.05, 0.1) is 6.54 Å². The van der Waals surface area contributed by atoms with Crippen molar-refractivity contribution in [2.75, 3.05) is 18.9 Å². The van der Waals surface area contributed by atoms with Gasteiger partial charge in [-0.1, -0.05) is 17.7 Å². The van der Waals surface area contributed by atoms with Crippen LogP contribution in [0.4, 0.5) is 10.1 Å². The fourth-order valence-corrected chi connectivity index (χ4v) is 2.22. The smallest absolute Gasteiger partial charge is 0.238 e. The molecule has 0 aliphatic heterocycles. The zero-order chi connectivity index (χ0) is 16.1. The average Bonchev–Trinajstić information content (AvgIpc) is 2.45. The number of carbonyl (C=O) groups is 1. The minimum atomic E-state index is -0.390. The second kappa shape index (κ2) is 7.24. The Morgan fingerprint density at radius 2 is 1.95 bits per heavy atom. The predicted molar refractivity (Wildman–Crippen MR) is 84.5 cm³/mol. The molecule has 0 saturated carbocycles. The van der Waals surface area contributed by atoms with E-state index in [-0.39, 0.29) is 24.7 Å². The van der Waals surface area contributed by atoms with Crippen molar-refractivity contribution in [3.63, 3.8) is 0 Å². The monoisotopic (exact) mass is 322 g/mol. The third kappa shape index (κ3) is 4.44. The van der Waals surface area contributed by atoms with Crippen LogP contribution in [-0.4, -0.2) is 29.5 Å². The Hall–Kier alpha value is -2.11. The fourth-order valence-electron chi connectivity index (χ4n) is 2.00. The Balaban J connectivity index is 1.92. The van der Waals surface area contributed by atoms with E-state index in [0.717, 1.165) is 0 Å². The summed E-state index contributed by atoms with van der Waals surface area (Å²) in [6.07, 6.45) is 0. The van der Waals surface area contributed by atoms with E-state index in [4.69, 9.17) is 11.6 Å². The summed E-state index contributed by atoms with van der Waals surface area (Å²) < 4.78 is 13.7. The quantitative estimate of drug-likeness (QED) is 0.831. The first-order valence-corrected chi connectivity index (χ1v) is 7.04. The van der Waals surface area contributed by atoms with Gasteiger partial charge in [-0.2, -0.15) is 0 Å². The van der Waals surface area contributed by atoms with Crippen LogP contribution < -0.4 is 5.32 Å². The Morgan fingerprint density at radius 3 is 2.59 bits per heavy atom. The van der Waals surface area contributed by atoms with E-state index < -0.39 is 5.82 Å². The second-order valence-corrected chi connectivity index (χ2v) is 5.37. The minimum Gasteiger partial charge on any atom is -0.508 e. The van der Waals surface area contributed by atoms with E-state index in [2.05, 4.69) is 5.32 Å². The van der Waals surface area contributed by atoms with Crippen molar-refractivity contribution in [2.24, 2.45) is 0 Å². The van der Waals surface area contributed by atoms with Crippen molar-refractivity contribution in [3.8, 4) is 5.75 Å². The number of nitrogens with one attached hydrogen (secondary N) is 1. The van der Waals surface area contributed by atoms with Gasteiger partial charge < -0.3 is 10.4 Å².